The van der Waals surface area contributed by atoms with Crippen molar-refractivity contribution in [3.05, 3.63) is 29.7 Å². The molecule has 0 saturated carbocycles. The Kier molecular flexibility index (Phi) is 6.63. The SMILES string of the molecule is CCCC(C)(NC(=O)Nc1nc(C)c(-c2ccc(S(C)(=O)=O)c(F)c2)s1)C(N)=O. The number of carbonyl (C=O) groups excluding carboxylic acids is 2. The Bertz CT molecular complexity index is 1050. The van der Waals surface area contributed by atoms with Crippen molar-refractivity contribution < 1.29 is 22.4 Å². The Labute approximate surface area is 172 Å². The predicted molar refractivity (Wildman–Crippen MR) is 110 cm³/mol. The topological polar surface area (TPSA) is 131 Å². The van der Waals surface area contributed by atoms with E-state index in [1.165, 1.54) is 12.1 Å². The second kappa shape index (κ2) is 8.46. The maximum absolute atomic E-state index is 14.2. The van der Waals surface area contributed by atoms with Gasteiger partial charge in [0.05, 0.1) is 10.6 Å². The lowest BCUT2D eigenvalue weighted by Crippen LogP contribution is -2.56. The summed E-state index contributed by atoms with van der Waals surface area (Å²) >= 11 is 1.10. The largest absolute Gasteiger partial charge is 0.368 e. The van der Waals surface area contributed by atoms with Gasteiger partial charge in [-0.05, 0) is 38.0 Å². The first kappa shape index (κ1) is 22.8. The summed E-state index contributed by atoms with van der Waals surface area (Å²) in [5.41, 5.74) is 5.16. The van der Waals surface area contributed by atoms with Crippen molar-refractivity contribution >= 4 is 38.2 Å². The molecular weight excluding hydrogens is 419 g/mol. The summed E-state index contributed by atoms with van der Waals surface area (Å²) in [5, 5.41) is 5.35. The van der Waals surface area contributed by atoms with Gasteiger partial charge in [-0.25, -0.2) is 22.6 Å². The van der Waals surface area contributed by atoms with E-state index in [9.17, 15) is 22.4 Å². The van der Waals surface area contributed by atoms with Crippen LogP contribution in [0.3, 0.4) is 0 Å². The fourth-order valence-corrected chi connectivity index (χ4v) is 4.47. The van der Waals surface area contributed by atoms with Crippen LogP contribution in [0.2, 0.25) is 0 Å². The van der Waals surface area contributed by atoms with Gasteiger partial charge in [0, 0.05) is 6.26 Å². The van der Waals surface area contributed by atoms with E-state index in [1.807, 2.05) is 6.92 Å². The van der Waals surface area contributed by atoms with E-state index >= 15 is 0 Å². The van der Waals surface area contributed by atoms with Crippen LogP contribution in [0.25, 0.3) is 10.4 Å². The average molecular weight is 443 g/mol. The number of urea groups is 1. The molecule has 2 aromatic rings. The lowest BCUT2D eigenvalue weighted by atomic mass is 9.95. The van der Waals surface area contributed by atoms with Crippen LogP contribution in [0.5, 0.6) is 0 Å². The molecule has 4 N–H and O–H groups in total. The van der Waals surface area contributed by atoms with Crippen molar-refractivity contribution in [2.24, 2.45) is 5.73 Å². The highest BCUT2D eigenvalue weighted by Gasteiger charge is 2.32. The van der Waals surface area contributed by atoms with E-state index in [1.54, 1.807) is 13.8 Å². The molecule has 0 spiro atoms. The molecule has 1 heterocycles. The van der Waals surface area contributed by atoms with Crippen LogP contribution in [0.15, 0.2) is 23.1 Å². The summed E-state index contributed by atoms with van der Waals surface area (Å²) in [5.74, 6) is -1.51. The number of hydrogen-bond donors (Lipinski definition) is 3. The fraction of sp³-hybridized carbons (Fsp3) is 0.389. The van der Waals surface area contributed by atoms with Crippen molar-refractivity contribution in [1.29, 1.82) is 0 Å². The van der Waals surface area contributed by atoms with Crippen molar-refractivity contribution in [2.75, 3.05) is 11.6 Å². The van der Waals surface area contributed by atoms with Gasteiger partial charge in [0.15, 0.2) is 15.0 Å². The Hall–Kier alpha value is -2.53. The molecule has 0 saturated heterocycles. The number of aromatic nitrogens is 1. The standard InChI is InChI=1S/C18H23FN4O4S2/c1-5-8-18(3,15(20)24)23-16(25)22-17-21-10(2)14(28-17)11-6-7-13(12(19)9-11)29(4,26)27/h6-7,9H,5,8H2,1-4H3,(H2,20,24)(H2,21,22,23,25). The van der Waals surface area contributed by atoms with Crippen LogP contribution >= 0.6 is 11.3 Å². The van der Waals surface area contributed by atoms with Crippen molar-refractivity contribution in [3.8, 4) is 10.4 Å². The van der Waals surface area contributed by atoms with Gasteiger partial charge in [0.2, 0.25) is 5.91 Å². The van der Waals surface area contributed by atoms with Gasteiger partial charge in [-0.15, -0.1) is 0 Å². The van der Waals surface area contributed by atoms with Crippen LogP contribution in [0.1, 0.15) is 32.4 Å². The Balaban J connectivity index is 2.24. The summed E-state index contributed by atoms with van der Waals surface area (Å²) in [6.45, 7) is 5.09. The highest BCUT2D eigenvalue weighted by atomic mass is 32.2. The minimum atomic E-state index is -3.67. The van der Waals surface area contributed by atoms with Gasteiger partial charge < -0.3 is 11.1 Å². The molecule has 0 aliphatic heterocycles. The number of amides is 3. The van der Waals surface area contributed by atoms with Crippen LogP contribution in [-0.4, -0.2) is 37.1 Å². The highest BCUT2D eigenvalue weighted by molar-refractivity contribution is 7.90. The van der Waals surface area contributed by atoms with E-state index in [4.69, 9.17) is 5.73 Å². The number of carbonyl (C=O) groups is 2. The van der Waals surface area contributed by atoms with Crippen molar-refractivity contribution in [3.63, 3.8) is 0 Å². The maximum atomic E-state index is 14.2. The second-order valence-electron chi connectivity index (χ2n) is 6.88. The molecule has 1 aromatic heterocycles. The Morgan fingerprint density at radius 1 is 1.34 bits per heavy atom. The number of hydrogen-bond acceptors (Lipinski definition) is 6. The fourth-order valence-electron chi connectivity index (χ4n) is 2.79. The monoisotopic (exact) mass is 442 g/mol. The zero-order valence-corrected chi connectivity index (χ0v) is 18.1. The van der Waals surface area contributed by atoms with E-state index in [0.717, 1.165) is 23.7 Å². The molecule has 0 radical (unpaired) electrons. The van der Waals surface area contributed by atoms with Crippen LogP contribution in [-0.2, 0) is 14.6 Å². The number of anilines is 1. The third kappa shape index (κ3) is 5.30. The lowest BCUT2D eigenvalue weighted by Gasteiger charge is -2.26. The van der Waals surface area contributed by atoms with Gasteiger partial charge in [0.1, 0.15) is 16.3 Å². The van der Waals surface area contributed by atoms with E-state index in [-0.39, 0.29) is 10.0 Å². The minimum absolute atomic E-state index is 0.242. The number of benzene rings is 1. The molecule has 1 atom stereocenters. The zero-order chi connectivity index (χ0) is 22.0. The summed E-state index contributed by atoms with van der Waals surface area (Å²) in [7, 11) is -3.67. The van der Waals surface area contributed by atoms with Gasteiger partial charge in [-0.3, -0.25) is 10.1 Å². The molecule has 0 bridgehead atoms. The summed E-state index contributed by atoms with van der Waals surface area (Å²) in [4.78, 5) is 28.4. The molecule has 2 rings (SSSR count). The third-order valence-corrected chi connectivity index (χ3v) is 6.55. The molecule has 1 unspecified atom stereocenters. The second-order valence-corrected chi connectivity index (χ2v) is 9.86. The first-order chi connectivity index (χ1) is 13.4. The third-order valence-electron chi connectivity index (χ3n) is 4.29. The number of nitrogens with one attached hydrogen (secondary N) is 2. The molecule has 0 aliphatic rings. The summed E-state index contributed by atoms with van der Waals surface area (Å²) < 4.78 is 37.3. The van der Waals surface area contributed by atoms with Crippen LogP contribution in [0.4, 0.5) is 14.3 Å². The molecular formula is C18H23FN4O4S2. The number of aryl methyl sites for hydroxylation is 1. The van der Waals surface area contributed by atoms with Gasteiger partial charge in [-0.2, -0.15) is 0 Å². The van der Waals surface area contributed by atoms with Gasteiger partial charge >= 0.3 is 6.03 Å². The number of nitrogens with zero attached hydrogens (tertiary/aromatic N) is 1. The molecule has 29 heavy (non-hydrogen) atoms. The molecule has 0 fully saturated rings. The number of primary amides is 1. The van der Waals surface area contributed by atoms with E-state index < -0.39 is 33.1 Å². The number of halogens is 1. The first-order valence-corrected chi connectivity index (χ1v) is 11.4. The van der Waals surface area contributed by atoms with Crippen molar-refractivity contribution in [2.45, 2.75) is 44.0 Å². The normalized spacial score (nSPS) is 13.6. The minimum Gasteiger partial charge on any atom is -0.368 e. The molecule has 8 nitrogen and oxygen atoms in total. The van der Waals surface area contributed by atoms with Crippen LogP contribution in [0, 0.1) is 12.7 Å². The predicted octanol–water partition coefficient (Wildman–Crippen LogP) is 2.83. The van der Waals surface area contributed by atoms with Crippen molar-refractivity contribution in [1.82, 2.24) is 10.3 Å². The number of sulfone groups is 1. The average Bonchev–Trinajstić information content (AvgIpc) is 2.93. The lowest BCUT2D eigenvalue weighted by molar-refractivity contribution is -0.123. The summed E-state index contributed by atoms with van der Waals surface area (Å²) in [6.07, 6.45) is 1.96. The quantitative estimate of drug-likeness (QED) is 0.607. The highest BCUT2D eigenvalue weighted by Crippen LogP contribution is 2.34. The van der Waals surface area contributed by atoms with E-state index in [0.29, 0.717) is 29.0 Å². The Morgan fingerprint density at radius 3 is 2.52 bits per heavy atom. The summed E-state index contributed by atoms with van der Waals surface area (Å²) in [6, 6.07) is 3.15. The molecule has 11 heteroatoms. The molecule has 158 valence electrons. The number of thiazole rings is 1. The smallest absolute Gasteiger partial charge is 0.321 e. The number of nitrogens with two attached hydrogens (primary N) is 1. The first-order valence-electron chi connectivity index (χ1n) is 8.74. The molecule has 3 amide bonds. The van der Waals surface area contributed by atoms with Gasteiger partial charge in [-0.1, -0.05) is 30.7 Å². The van der Waals surface area contributed by atoms with Crippen LogP contribution < -0.4 is 16.4 Å². The Morgan fingerprint density at radius 2 is 2.00 bits per heavy atom. The zero-order valence-electron chi connectivity index (χ0n) is 16.5. The maximum Gasteiger partial charge on any atom is 0.321 e. The van der Waals surface area contributed by atoms with Gasteiger partial charge in [0.25, 0.3) is 0 Å². The molecule has 1 aromatic carbocycles. The number of rotatable bonds is 7. The van der Waals surface area contributed by atoms with E-state index in [2.05, 4.69) is 15.6 Å². The molecule has 0 aliphatic carbocycles.